The van der Waals surface area contributed by atoms with Gasteiger partial charge in [-0.1, -0.05) is 12.2 Å². The van der Waals surface area contributed by atoms with Crippen molar-refractivity contribution in [2.75, 3.05) is 6.16 Å². The molecule has 0 saturated carbocycles. The zero-order chi connectivity index (χ0) is 13.1. The first-order valence-electron chi connectivity index (χ1n) is 4.48. The van der Waals surface area contributed by atoms with E-state index in [9.17, 15) is 14.2 Å². The van der Waals surface area contributed by atoms with Gasteiger partial charge in [0.1, 0.15) is 0 Å². The fraction of sp³-hybridized carbons (Fsp3) is 0.250. The monoisotopic (exact) mass is 324 g/mol. The SMILES string of the molecule is O=c1[nH]c(=O)n(C/C=C/CP(=O)(O)O)cc1Br. The van der Waals surface area contributed by atoms with E-state index in [4.69, 9.17) is 9.79 Å². The van der Waals surface area contributed by atoms with E-state index in [2.05, 4.69) is 20.9 Å². The average molecular weight is 325 g/mol. The van der Waals surface area contributed by atoms with Crippen LogP contribution in [0, 0.1) is 0 Å². The second kappa shape index (κ2) is 5.59. The molecule has 0 spiro atoms. The van der Waals surface area contributed by atoms with Crippen molar-refractivity contribution in [1.29, 1.82) is 0 Å². The maximum atomic E-state index is 11.3. The van der Waals surface area contributed by atoms with Crippen molar-refractivity contribution in [2.24, 2.45) is 0 Å². The molecular formula is C8H10BrN2O5P. The molecule has 1 rings (SSSR count). The second-order valence-corrected chi connectivity index (χ2v) is 5.76. The zero-order valence-electron chi connectivity index (χ0n) is 8.54. The molecule has 0 radical (unpaired) electrons. The molecule has 17 heavy (non-hydrogen) atoms. The average Bonchev–Trinajstić information content (AvgIpc) is 2.18. The van der Waals surface area contributed by atoms with Crippen molar-refractivity contribution in [2.45, 2.75) is 6.54 Å². The van der Waals surface area contributed by atoms with Crippen LogP contribution in [0.15, 0.2) is 32.4 Å². The summed E-state index contributed by atoms with van der Waals surface area (Å²) >= 11 is 2.97. The van der Waals surface area contributed by atoms with E-state index in [0.717, 1.165) is 0 Å². The van der Waals surface area contributed by atoms with Crippen molar-refractivity contribution >= 4 is 23.5 Å². The van der Waals surface area contributed by atoms with Gasteiger partial charge < -0.3 is 9.79 Å². The standard InChI is InChI=1S/C8H10BrN2O5P/c9-6-5-11(8(13)10-7(6)12)3-1-2-4-17(14,15)16/h1-2,5H,3-4H2,(H,10,12,13)(H2,14,15,16)/b2-1+. The number of nitrogens with zero attached hydrogens (tertiary/aromatic N) is 1. The van der Waals surface area contributed by atoms with Gasteiger partial charge in [0.15, 0.2) is 0 Å². The summed E-state index contributed by atoms with van der Waals surface area (Å²) in [5.74, 6) is 0. The van der Waals surface area contributed by atoms with Gasteiger partial charge in [0.05, 0.1) is 10.6 Å². The molecule has 0 aliphatic rings. The van der Waals surface area contributed by atoms with Crippen LogP contribution in [0.5, 0.6) is 0 Å². The van der Waals surface area contributed by atoms with Crippen molar-refractivity contribution in [3.05, 3.63) is 43.7 Å². The Morgan fingerprint density at radius 3 is 2.65 bits per heavy atom. The third-order valence-corrected chi connectivity index (χ3v) is 3.03. The van der Waals surface area contributed by atoms with Crippen LogP contribution in [0.4, 0.5) is 0 Å². The van der Waals surface area contributed by atoms with Crippen molar-refractivity contribution in [1.82, 2.24) is 9.55 Å². The van der Waals surface area contributed by atoms with Crippen LogP contribution in [-0.2, 0) is 11.1 Å². The first kappa shape index (κ1) is 14.1. The summed E-state index contributed by atoms with van der Waals surface area (Å²) in [7, 11) is -4.06. The summed E-state index contributed by atoms with van der Waals surface area (Å²) in [6, 6.07) is 0. The predicted octanol–water partition coefficient (Wildman–Crippen LogP) is 0.0330. The molecule has 94 valence electrons. The number of hydrogen-bond donors (Lipinski definition) is 3. The molecular weight excluding hydrogens is 315 g/mol. The summed E-state index contributed by atoms with van der Waals surface area (Å²) in [6.07, 6.45) is 3.65. The van der Waals surface area contributed by atoms with Gasteiger partial charge in [-0.15, -0.1) is 0 Å². The Bertz CT molecular complexity index is 584. The Hall–Kier alpha value is -0.950. The molecule has 7 nitrogen and oxygen atoms in total. The molecule has 1 aromatic rings. The summed E-state index contributed by atoms with van der Waals surface area (Å²) < 4.78 is 11.9. The number of aromatic amines is 1. The van der Waals surface area contributed by atoms with E-state index in [-0.39, 0.29) is 17.2 Å². The number of aromatic nitrogens is 2. The zero-order valence-corrected chi connectivity index (χ0v) is 11.0. The molecule has 3 N–H and O–H groups in total. The van der Waals surface area contributed by atoms with E-state index in [0.29, 0.717) is 0 Å². The van der Waals surface area contributed by atoms with Gasteiger partial charge in [0, 0.05) is 12.7 Å². The molecule has 0 amide bonds. The molecule has 0 saturated heterocycles. The van der Waals surface area contributed by atoms with E-state index in [1.807, 2.05) is 0 Å². The predicted molar refractivity (Wildman–Crippen MR) is 65.1 cm³/mol. The van der Waals surface area contributed by atoms with Gasteiger partial charge in [-0.3, -0.25) is 18.9 Å². The Morgan fingerprint density at radius 1 is 1.41 bits per heavy atom. The van der Waals surface area contributed by atoms with Crippen molar-refractivity contribution < 1.29 is 14.4 Å². The summed E-state index contributed by atoms with van der Waals surface area (Å²) in [5, 5.41) is 0. The highest BCUT2D eigenvalue weighted by molar-refractivity contribution is 9.10. The van der Waals surface area contributed by atoms with Gasteiger partial charge in [-0.25, -0.2) is 4.79 Å². The smallest absolute Gasteiger partial charge is 0.324 e. The van der Waals surface area contributed by atoms with Crippen LogP contribution in [0.3, 0.4) is 0 Å². The van der Waals surface area contributed by atoms with Crippen molar-refractivity contribution in [3.8, 4) is 0 Å². The van der Waals surface area contributed by atoms with E-state index in [1.54, 1.807) is 0 Å². The van der Waals surface area contributed by atoms with Gasteiger partial charge in [-0.05, 0) is 15.9 Å². The number of H-pyrrole nitrogens is 1. The Balaban J connectivity index is 2.77. The molecule has 0 aliphatic carbocycles. The molecule has 0 atom stereocenters. The Morgan fingerprint density at radius 2 is 2.06 bits per heavy atom. The number of hydrogen-bond acceptors (Lipinski definition) is 3. The summed E-state index contributed by atoms with van der Waals surface area (Å²) in [4.78, 5) is 41.6. The molecule has 0 bridgehead atoms. The molecule has 0 fully saturated rings. The molecule has 0 aliphatic heterocycles. The largest absolute Gasteiger partial charge is 0.329 e. The fourth-order valence-corrected chi connectivity index (χ4v) is 1.79. The van der Waals surface area contributed by atoms with Gasteiger partial charge in [-0.2, -0.15) is 0 Å². The maximum Gasteiger partial charge on any atom is 0.329 e. The van der Waals surface area contributed by atoms with Crippen LogP contribution in [0.25, 0.3) is 0 Å². The maximum absolute atomic E-state index is 11.3. The lowest BCUT2D eigenvalue weighted by atomic mass is 10.5. The van der Waals surface area contributed by atoms with Gasteiger partial charge >= 0.3 is 13.3 Å². The minimum atomic E-state index is -4.06. The van der Waals surface area contributed by atoms with Gasteiger partial charge in [0.25, 0.3) is 5.56 Å². The number of rotatable bonds is 4. The first-order chi connectivity index (χ1) is 7.79. The summed E-state index contributed by atoms with van der Waals surface area (Å²) in [5.41, 5.74) is -1.11. The normalized spacial score (nSPS) is 12.2. The molecule has 1 aromatic heterocycles. The highest BCUT2D eigenvalue weighted by Crippen LogP contribution is 2.33. The second-order valence-electron chi connectivity index (χ2n) is 3.21. The third-order valence-electron chi connectivity index (χ3n) is 1.78. The van der Waals surface area contributed by atoms with Gasteiger partial charge in [0.2, 0.25) is 0 Å². The van der Waals surface area contributed by atoms with Crippen LogP contribution >= 0.6 is 23.5 Å². The lowest BCUT2D eigenvalue weighted by molar-refractivity contribution is 0.377. The minimum absolute atomic E-state index is 0.119. The minimum Gasteiger partial charge on any atom is -0.324 e. The molecule has 9 heteroatoms. The third kappa shape index (κ3) is 4.82. The molecule has 0 unspecified atom stereocenters. The van der Waals surface area contributed by atoms with Crippen LogP contribution in [0.1, 0.15) is 0 Å². The van der Waals surface area contributed by atoms with Crippen LogP contribution < -0.4 is 11.2 Å². The summed E-state index contributed by atoms with van der Waals surface area (Å²) in [6.45, 7) is 0.119. The number of allylic oxidation sites excluding steroid dienone is 2. The molecule has 0 aromatic carbocycles. The van der Waals surface area contributed by atoms with Crippen LogP contribution in [-0.4, -0.2) is 25.5 Å². The highest BCUT2D eigenvalue weighted by atomic mass is 79.9. The van der Waals surface area contributed by atoms with E-state index in [1.165, 1.54) is 22.9 Å². The first-order valence-corrected chi connectivity index (χ1v) is 7.07. The number of nitrogens with one attached hydrogen (secondary N) is 1. The van der Waals surface area contributed by atoms with E-state index >= 15 is 0 Å². The lowest BCUT2D eigenvalue weighted by Gasteiger charge is -2.01. The quantitative estimate of drug-likeness (QED) is 0.534. The fourth-order valence-electron chi connectivity index (χ4n) is 1.02. The Labute approximate surface area is 104 Å². The topological polar surface area (TPSA) is 112 Å². The molecule has 1 heterocycles. The van der Waals surface area contributed by atoms with E-state index < -0.39 is 18.8 Å². The highest BCUT2D eigenvalue weighted by Gasteiger charge is 2.08. The lowest BCUT2D eigenvalue weighted by Crippen LogP contribution is -2.29. The van der Waals surface area contributed by atoms with Crippen molar-refractivity contribution in [3.63, 3.8) is 0 Å². The van der Waals surface area contributed by atoms with Crippen LogP contribution in [0.2, 0.25) is 0 Å². The number of halogens is 1. The Kier molecular flexibility index (Phi) is 4.64.